The van der Waals surface area contributed by atoms with Crippen LogP contribution in [0.1, 0.15) is 29.2 Å². The van der Waals surface area contributed by atoms with Gasteiger partial charge in [-0.3, -0.25) is 0 Å². The zero-order valence-corrected chi connectivity index (χ0v) is 13.4. The molecule has 2 aromatic rings. The van der Waals surface area contributed by atoms with Gasteiger partial charge in [0, 0.05) is 17.1 Å². The Balaban J connectivity index is 2.23. The van der Waals surface area contributed by atoms with Gasteiger partial charge < -0.3 is 5.73 Å². The molecule has 0 aliphatic carbocycles. The van der Waals surface area contributed by atoms with Crippen LogP contribution in [-0.2, 0) is 6.42 Å². The first-order valence-electron chi connectivity index (χ1n) is 6.92. The fourth-order valence-corrected chi connectivity index (χ4v) is 3.14. The van der Waals surface area contributed by atoms with E-state index in [0.717, 1.165) is 11.4 Å². The molecule has 0 fully saturated rings. The zero-order valence-electron chi connectivity index (χ0n) is 12.6. The molecular formula is C17H22N2S. The van der Waals surface area contributed by atoms with E-state index in [-0.39, 0.29) is 6.04 Å². The minimum atomic E-state index is 0.175. The molecule has 0 saturated heterocycles. The maximum absolute atomic E-state index is 5.84. The number of hydrogen-bond acceptors (Lipinski definition) is 3. The maximum Gasteiger partial charge on any atom is 0.104 e. The van der Waals surface area contributed by atoms with Gasteiger partial charge in [0.15, 0.2) is 0 Å². The second-order valence-electron chi connectivity index (χ2n) is 5.52. The Bertz CT molecular complexity index is 606. The summed E-state index contributed by atoms with van der Waals surface area (Å²) in [5.74, 6) is 0. The predicted molar refractivity (Wildman–Crippen MR) is 86.4 cm³/mol. The Morgan fingerprint density at radius 2 is 1.90 bits per heavy atom. The fraction of sp³-hybridized carbons (Fsp3) is 0.353. The van der Waals surface area contributed by atoms with Gasteiger partial charge >= 0.3 is 0 Å². The molecule has 0 radical (unpaired) electrons. The summed E-state index contributed by atoms with van der Waals surface area (Å²) >= 11 is 1.74. The van der Waals surface area contributed by atoms with Crippen molar-refractivity contribution in [3.63, 3.8) is 0 Å². The first-order valence-corrected chi connectivity index (χ1v) is 7.73. The first-order chi connectivity index (χ1) is 9.45. The van der Waals surface area contributed by atoms with Crippen molar-refractivity contribution in [3.8, 4) is 0 Å². The van der Waals surface area contributed by atoms with Gasteiger partial charge in [0.1, 0.15) is 5.03 Å². The number of benzene rings is 1. The predicted octanol–water partition coefficient (Wildman–Crippen LogP) is 4.05. The van der Waals surface area contributed by atoms with Gasteiger partial charge in [0.05, 0.1) is 0 Å². The lowest BCUT2D eigenvalue weighted by atomic mass is 10.1. The smallest absolute Gasteiger partial charge is 0.104 e. The highest BCUT2D eigenvalue weighted by atomic mass is 32.2. The number of hydrogen-bond donors (Lipinski definition) is 1. The molecule has 2 rings (SSSR count). The number of pyridine rings is 1. The Labute approximate surface area is 125 Å². The lowest BCUT2D eigenvalue weighted by Gasteiger charge is -2.11. The van der Waals surface area contributed by atoms with Crippen molar-refractivity contribution >= 4 is 11.8 Å². The fourth-order valence-electron chi connectivity index (χ4n) is 2.13. The molecule has 0 amide bonds. The monoisotopic (exact) mass is 286 g/mol. The van der Waals surface area contributed by atoms with Crippen LogP contribution < -0.4 is 5.73 Å². The van der Waals surface area contributed by atoms with Gasteiger partial charge in [0.2, 0.25) is 0 Å². The van der Waals surface area contributed by atoms with Crippen molar-refractivity contribution < 1.29 is 0 Å². The van der Waals surface area contributed by atoms with Gasteiger partial charge in [0.25, 0.3) is 0 Å². The number of nitrogens with zero attached hydrogens (tertiary/aromatic N) is 1. The van der Waals surface area contributed by atoms with Gasteiger partial charge in [-0.2, -0.15) is 0 Å². The number of aryl methyl sites for hydroxylation is 3. The third kappa shape index (κ3) is 3.84. The van der Waals surface area contributed by atoms with Crippen molar-refractivity contribution in [2.45, 2.75) is 50.1 Å². The van der Waals surface area contributed by atoms with Gasteiger partial charge in [-0.25, -0.2) is 4.98 Å². The van der Waals surface area contributed by atoms with E-state index in [4.69, 9.17) is 5.73 Å². The molecule has 0 bridgehead atoms. The van der Waals surface area contributed by atoms with Crippen molar-refractivity contribution in [2.75, 3.05) is 0 Å². The van der Waals surface area contributed by atoms with E-state index >= 15 is 0 Å². The summed E-state index contributed by atoms with van der Waals surface area (Å²) in [5.41, 5.74) is 10.8. The summed E-state index contributed by atoms with van der Waals surface area (Å²) in [6.07, 6.45) is 2.83. The SMILES string of the molecule is Cc1ccc(C)c(Sc2ncc(CC(C)N)cc2C)c1. The molecule has 2 N–H and O–H groups in total. The summed E-state index contributed by atoms with van der Waals surface area (Å²) < 4.78 is 0. The van der Waals surface area contributed by atoms with Crippen LogP contribution in [0.2, 0.25) is 0 Å². The molecule has 106 valence electrons. The molecule has 1 aromatic heterocycles. The second kappa shape index (κ2) is 6.42. The molecule has 1 aromatic carbocycles. The lowest BCUT2D eigenvalue weighted by Crippen LogP contribution is -2.17. The minimum Gasteiger partial charge on any atom is -0.328 e. The summed E-state index contributed by atoms with van der Waals surface area (Å²) in [7, 11) is 0. The van der Waals surface area contributed by atoms with Crippen LogP contribution in [0.5, 0.6) is 0 Å². The number of nitrogens with two attached hydrogens (primary N) is 1. The molecule has 1 unspecified atom stereocenters. The van der Waals surface area contributed by atoms with E-state index in [1.807, 2.05) is 13.1 Å². The Morgan fingerprint density at radius 1 is 1.15 bits per heavy atom. The summed E-state index contributed by atoms with van der Waals surface area (Å²) in [6.45, 7) is 8.40. The molecule has 1 heterocycles. The summed E-state index contributed by atoms with van der Waals surface area (Å²) in [4.78, 5) is 5.88. The third-order valence-corrected chi connectivity index (χ3v) is 4.48. The van der Waals surface area contributed by atoms with Crippen molar-refractivity contribution in [2.24, 2.45) is 5.73 Å². The van der Waals surface area contributed by atoms with Gasteiger partial charge in [-0.05, 0) is 62.4 Å². The highest BCUT2D eigenvalue weighted by Gasteiger charge is 2.07. The lowest BCUT2D eigenvalue weighted by molar-refractivity contribution is 0.733. The summed E-state index contributed by atoms with van der Waals surface area (Å²) in [5, 5.41) is 1.08. The molecule has 20 heavy (non-hydrogen) atoms. The quantitative estimate of drug-likeness (QED) is 0.921. The van der Waals surface area contributed by atoms with Crippen LogP contribution in [0.25, 0.3) is 0 Å². The Morgan fingerprint density at radius 3 is 2.55 bits per heavy atom. The van der Waals surface area contributed by atoms with Crippen molar-refractivity contribution in [3.05, 3.63) is 52.7 Å². The standard InChI is InChI=1S/C17H22N2S/c1-11-5-6-12(2)16(7-11)20-17-13(3)8-15(10-19-17)9-14(4)18/h5-8,10,14H,9,18H2,1-4H3. The average molecular weight is 286 g/mol. The van der Waals surface area contributed by atoms with Gasteiger partial charge in [-0.1, -0.05) is 30.0 Å². The largest absolute Gasteiger partial charge is 0.328 e. The van der Waals surface area contributed by atoms with Crippen molar-refractivity contribution in [1.82, 2.24) is 4.98 Å². The Kier molecular flexibility index (Phi) is 4.84. The molecule has 2 nitrogen and oxygen atoms in total. The van der Waals surface area contributed by atoms with E-state index in [1.54, 1.807) is 11.8 Å². The zero-order chi connectivity index (χ0) is 14.7. The molecule has 3 heteroatoms. The van der Waals surface area contributed by atoms with Crippen LogP contribution in [0.15, 0.2) is 40.4 Å². The number of aromatic nitrogens is 1. The van der Waals surface area contributed by atoms with Crippen LogP contribution in [0.4, 0.5) is 0 Å². The van der Waals surface area contributed by atoms with Crippen LogP contribution in [0.3, 0.4) is 0 Å². The minimum absolute atomic E-state index is 0.175. The number of rotatable bonds is 4. The van der Waals surface area contributed by atoms with E-state index in [9.17, 15) is 0 Å². The Hall–Kier alpha value is -1.32. The van der Waals surface area contributed by atoms with Crippen molar-refractivity contribution in [1.29, 1.82) is 0 Å². The first kappa shape index (κ1) is 15.1. The molecular weight excluding hydrogens is 264 g/mol. The highest BCUT2D eigenvalue weighted by Crippen LogP contribution is 2.31. The second-order valence-corrected chi connectivity index (χ2v) is 6.55. The van der Waals surface area contributed by atoms with Crippen LogP contribution >= 0.6 is 11.8 Å². The molecule has 1 atom stereocenters. The molecule has 0 aliphatic heterocycles. The topological polar surface area (TPSA) is 38.9 Å². The van der Waals surface area contributed by atoms with Gasteiger partial charge in [-0.15, -0.1) is 0 Å². The molecule has 0 saturated carbocycles. The van der Waals surface area contributed by atoms with E-state index < -0.39 is 0 Å². The highest BCUT2D eigenvalue weighted by molar-refractivity contribution is 7.99. The average Bonchev–Trinajstić information content (AvgIpc) is 2.36. The van der Waals surface area contributed by atoms with E-state index in [0.29, 0.717) is 0 Å². The molecule has 0 aliphatic rings. The maximum atomic E-state index is 5.84. The van der Waals surface area contributed by atoms with E-state index in [2.05, 4.69) is 50.0 Å². The van der Waals surface area contributed by atoms with E-state index in [1.165, 1.54) is 27.1 Å². The normalized spacial score (nSPS) is 12.4. The summed E-state index contributed by atoms with van der Waals surface area (Å²) in [6, 6.07) is 8.90. The molecule has 0 spiro atoms. The third-order valence-electron chi connectivity index (χ3n) is 3.19. The van der Waals surface area contributed by atoms with Crippen LogP contribution in [-0.4, -0.2) is 11.0 Å². The van der Waals surface area contributed by atoms with Crippen LogP contribution in [0, 0.1) is 20.8 Å².